The first-order valence-corrected chi connectivity index (χ1v) is 9.95. The van der Waals surface area contributed by atoms with Gasteiger partial charge in [0.05, 0.1) is 25.7 Å². The molecule has 4 rings (SSSR count). The van der Waals surface area contributed by atoms with E-state index in [1.165, 1.54) is 16.7 Å². The number of aromatic nitrogens is 3. The maximum Gasteiger partial charge on any atom is 0.324 e. The number of nitrogens with zero attached hydrogens (tertiary/aromatic N) is 4. The van der Waals surface area contributed by atoms with E-state index in [1.54, 1.807) is 13.4 Å². The first kappa shape index (κ1) is 19.1. The van der Waals surface area contributed by atoms with Gasteiger partial charge in [-0.15, -0.1) is 10.2 Å². The number of rotatable bonds is 7. The molecule has 150 valence electrons. The van der Waals surface area contributed by atoms with Gasteiger partial charge in [0.15, 0.2) is 11.0 Å². The molecular formula is C19H19N5O4S. The van der Waals surface area contributed by atoms with Crippen LogP contribution in [-0.4, -0.2) is 57.6 Å². The van der Waals surface area contributed by atoms with Gasteiger partial charge in [0.2, 0.25) is 5.91 Å². The molecule has 3 heterocycles. The summed E-state index contributed by atoms with van der Waals surface area (Å²) < 4.78 is 12.7. The molecule has 3 amide bonds. The maximum atomic E-state index is 12.4. The fraction of sp³-hybridized carbons (Fsp3) is 0.263. The Morgan fingerprint density at radius 2 is 2.21 bits per heavy atom. The van der Waals surface area contributed by atoms with Crippen LogP contribution in [0.1, 0.15) is 5.76 Å². The van der Waals surface area contributed by atoms with Crippen molar-refractivity contribution in [1.29, 1.82) is 0 Å². The number of nitrogens with one attached hydrogen (secondary N) is 1. The summed E-state index contributed by atoms with van der Waals surface area (Å²) in [6, 6.07) is 10.8. The van der Waals surface area contributed by atoms with Crippen molar-refractivity contribution in [2.75, 3.05) is 26.0 Å². The van der Waals surface area contributed by atoms with Crippen LogP contribution in [0.2, 0.25) is 0 Å². The molecule has 1 aliphatic heterocycles. The second-order valence-electron chi connectivity index (χ2n) is 6.27. The van der Waals surface area contributed by atoms with Gasteiger partial charge in [0, 0.05) is 18.7 Å². The number of hydrogen-bond acceptors (Lipinski definition) is 7. The van der Waals surface area contributed by atoms with Crippen LogP contribution in [0.3, 0.4) is 0 Å². The lowest BCUT2D eigenvalue weighted by atomic mass is 10.2. The van der Waals surface area contributed by atoms with E-state index in [-0.39, 0.29) is 17.7 Å². The van der Waals surface area contributed by atoms with Gasteiger partial charge in [-0.05, 0) is 24.3 Å². The average Bonchev–Trinajstić information content (AvgIpc) is 3.48. The lowest BCUT2D eigenvalue weighted by Crippen LogP contribution is -2.35. The van der Waals surface area contributed by atoms with Crippen molar-refractivity contribution in [1.82, 2.24) is 25.0 Å². The zero-order valence-electron chi connectivity index (χ0n) is 15.7. The molecule has 0 saturated carbocycles. The number of carbonyl (C=O) groups excluding carboxylic acids is 2. The lowest BCUT2D eigenvalue weighted by Gasteiger charge is -2.12. The van der Waals surface area contributed by atoms with Gasteiger partial charge in [0.1, 0.15) is 11.5 Å². The summed E-state index contributed by atoms with van der Waals surface area (Å²) in [5, 5.41) is 11.8. The minimum atomic E-state index is -0.357. The Kier molecular flexibility index (Phi) is 5.52. The smallest absolute Gasteiger partial charge is 0.324 e. The number of amides is 3. The zero-order valence-corrected chi connectivity index (χ0v) is 16.5. The first-order valence-electron chi connectivity index (χ1n) is 8.96. The van der Waals surface area contributed by atoms with E-state index in [0.717, 1.165) is 11.3 Å². The van der Waals surface area contributed by atoms with Crippen molar-refractivity contribution in [2.45, 2.75) is 11.7 Å². The van der Waals surface area contributed by atoms with Crippen LogP contribution in [0, 0.1) is 0 Å². The van der Waals surface area contributed by atoms with Crippen molar-refractivity contribution in [3.63, 3.8) is 0 Å². The maximum absolute atomic E-state index is 12.4. The minimum Gasteiger partial charge on any atom is -0.497 e. The van der Waals surface area contributed by atoms with Crippen molar-refractivity contribution in [3.05, 3.63) is 48.4 Å². The van der Waals surface area contributed by atoms with Crippen LogP contribution in [0.25, 0.3) is 11.4 Å². The molecule has 1 fully saturated rings. The molecule has 0 atom stereocenters. The minimum absolute atomic E-state index is 0.0851. The highest BCUT2D eigenvalue weighted by Gasteiger charge is 2.27. The topological polar surface area (TPSA) is 102 Å². The number of thioether (sulfide) groups is 1. The highest BCUT2D eigenvalue weighted by molar-refractivity contribution is 7.99. The van der Waals surface area contributed by atoms with Crippen LogP contribution in [0.5, 0.6) is 5.75 Å². The predicted molar refractivity (Wildman–Crippen MR) is 106 cm³/mol. The number of imide groups is 1. The lowest BCUT2D eigenvalue weighted by molar-refractivity contribution is -0.124. The molecule has 0 unspecified atom stereocenters. The van der Waals surface area contributed by atoms with Gasteiger partial charge in [-0.3, -0.25) is 14.3 Å². The Bertz CT molecular complexity index is 1020. The average molecular weight is 413 g/mol. The van der Waals surface area contributed by atoms with Crippen LogP contribution in [-0.2, 0) is 11.3 Å². The molecule has 0 radical (unpaired) electrons. The molecule has 9 nitrogen and oxygen atoms in total. The SMILES string of the molecule is COc1cccc(-c2nnc(SCC(=O)N3CCNC3=O)n2Cc2ccco2)c1. The van der Waals surface area contributed by atoms with E-state index in [4.69, 9.17) is 9.15 Å². The van der Waals surface area contributed by atoms with Crippen LogP contribution in [0.4, 0.5) is 4.79 Å². The summed E-state index contributed by atoms with van der Waals surface area (Å²) in [7, 11) is 1.61. The third-order valence-electron chi connectivity index (χ3n) is 4.42. The Morgan fingerprint density at radius 3 is 2.93 bits per heavy atom. The van der Waals surface area contributed by atoms with Crippen molar-refractivity contribution < 1.29 is 18.7 Å². The number of furan rings is 1. The monoisotopic (exact) mass is 413 g/mol. The highest BCUT2D eigenvalue weighted by atomic mass is 32.2. The normalized spacial score (nSPS) is 13.6. The fourth-order valence-corrected chi connectivity index (χ4v) is 3.80. The molecule has 2 aromatic heterocycles. The second-order valence-corrected chi connectivity index (χ2v) is 7.21. The van der Waals surface area contributed by atoms with Crippen LogP contribution >= 0.6 is 11.8 Å². The molecule has 1 aromatic carbocycles. The van der Waals surface area contributed by atoms with Crippen molar-refractivity contribution in [2.24, 2.45) is 0 Å². The second kappa shape index (κ2) is 8.39. The number of carbonyl (C=O) groups is 2. The molecule has 1 N–H and O–H groups in total. The number of methoxy groups -OCH3 is 1. The Balaban J connectivity index is 1.60. The van der Waals surface area contributed by atoms with Gasteiger partial charge in [-0.2, -0.15) is 0 Å². The van der Waals surface area contributed by atoms with Gasteiger partial charge in [-0.1, -0.05) is 23.9 Å². The van der Waals surface area contributed by atoms with E-state index in [2.05, 4.69) is 15.5 Å². The molecular weight excluding hydrogens is 394 g/mol. The number of benzene rings is 1. The Hall–Kier alpha value is -3.27. The molecule has 0 spiro atoms. The number of ether oxygens (including phenoxy) is 1. The van der Waals surface area contributed by atoms with Gasteiger partial charge < -0.3 is 14.5 Å². The molecule has 0 aliphatic carbocycles. The third kappa shape index (κ3) is 4.11. The summed E-state index contributed by atoms with van der Waals surface area (Å²) in [6.07, 6.45) is 1.60. The predicted octanol–water partition coefficient (Wildman–Crippen LogP) is 2.24. The summed E-state index contributed by atoms with van der Waals surface area (Å²) in [6.45, 7) is 1.27. The summed E-state index contributed by atoms with van der Waals surface area (Å²) >= 11 is 1.24. The van der Waals surface area contributed by atoms with E-state index >= 15 is 0 Å². The van der Waals surface area contributed by atoms with E-state index in [9.17, 15) is 9.59 Å². The molecule has 10 heteroatoms. The van der Waals surface area contributed by atoms with E-state index < -0.39 is 0 Å². The quantitative estimate of drug-likeness (QED) is 0.593. The Labute approximate surface area is 171 Å². The van der Waals surface area contributed by atoms with E-state index in [1.807, 2.05) is 41.0 Å². The van der Waals surface area contributed by atoms with E-state index in [0.29, 0.717) is 36.4 Å². The number of urea groups is 1. The van der Waals surface area contributed by atoms with Crippen LogP contribution in [0.15, 0.2) is 52.2 Å². The largest absolute Gasteiger partial charge is 0.497 e. The molecule has 3 aromatic rings. The first-order chi connectivity index (χ1) is 14.2. The molecule has 0 bridgehead atoms. The number of hydrogen-bond donors (Lipinski definition) is 1. The van der Waals surface area contributed by atoms with Gasteiger partial charge in [0.25, 0.3) is 0 Å². The molecule has 29 heavy (non-hydrogen) atoms. The third-order valence-corrected chi connectivity index (χ3v) is 5.37. The standard InChI is InChI=1S/C19H19N5O4S/c1-27-14-5-2-4-13(10-14)17-21-22-19(24(17)11-15-6-3-9-28-15)29-12-16(25)23-8-7-20-18(23)26/h2-6,9-10H,7-8,11-12H2,1H3,(H,20,26). The highest BCUT2D eigenvalue weighted by Crippen LogP contribution is 2.27. The fourth-order valence-electron chi connectivity index (χ4n) is 2.99. The summed E-state index contributed by atoms with van der Waals surface area (Å²) in [5.41, 5.74) is 0.834. The van der Waals surface area contributed by atoms with Crippen molar-refractivity contribution >= 4 is 23.7 Å². The van der Waals surface area contributed by atoms with Gasteiger partial charge >= 0.3 is 6.03 Å². The summed E-state index contributed by atoms with van der Waals surface area (Å²) in [5.74, 6) is 1.90. The Morgan fingerprint density at radius 1 is 1.31 bits per heavy atom. The van der Waals surface area contributed by atoms with Crippen LogP contribution < -0.4 is 10.1 Å². The molecule has 1 saturated heterocycles. The zero-order chi connectivity index (χ0) is 20.2. The molecule has 1 aliphatic rings. The van der Waals surface area contributed by atoms with Gasteiger partial charge in [-0.25, -0.2) is 4.79 Å². The summed E-state index contributed by atoms with van der Waals surface area (Å²) in [4.78, 5) is 25.3. The van der Waals surface area contributed by atoms with Crippen molar-refractivity contribution in [3.8, 4) is 17.1 Å².